The SMILES string of the molecule is CC(C)[C@@H]1C(c2ccccc2)=N[C@@](C)(CO)C(=O)N1C(=O)OC(C)(C)C. The molecule has 6 heteroatoms. The summed E-state index contributed by atoms with van der Waals surface area (Å²) in [7, 11) is 0. The predicted molar refractivity (Wildman–Crippen MR) is 100 cm³/mol. The third-order valence-electron chi connectivity index (χ3n) is 4.20. The van der Waals surface area contributed by atoms with Crippen LogP contribution in [0, 0.1) is 5.92 Å². The number of ether oxygens (including phenoxy) is 1. The molecular weight excluding hydrogens is 332 g/mol. The minimum Gasteiger partial charge on any atom is -0.443 e. The van der Waals surface area contributed by atoms with E-state index in [0.717, 1.165) is 10.5 Å². The maximum absolute atomic E-state index is 13.1. The zero-order chi connectivity index (χ0) is 19.7. The van der Waals surface area contributed by atoms with Crippen molar-refractivity contribution in [3.8, 4) is 0 Å². The molecule has 1 aliphatic rings. The molecular formula is C20H28N2O4. The number of nitrogens with zero attached hydrogens (tertiary/aromatic N) is 2. The average Bonchev–Trinajstić information content (AvgIpc) is 2.55. The molecule has 2 amide bonds. The van der Waals surface area contributed by atoms with Gasteiger partial charge in [0, 0.05) is 0 Å². The Balaban J connectivity index is 2.62. The van der Waals surface area contributed by atoms with Crippen LogP contribution in [0.3, 0.4) is 0 Å². The number of hydrogen-bond donors (Lipinski definition) is 1. The number of benzene rings is 1. The smallest absolute Gasteiger partial charge is 0.417 e. The molecule has 0 unspecified atom stereocenters. The summed E-state index contributed by atoms with van der Waals surface area (Å²) in [4.78, 5) is 31.6. The molecule has 0 saturated heterocycles. The van der Waals surface area contributed by atoms with Crippen LogP contribution in [0.15, 0.2) is 35.3 Å². The molecule has 2 rings (SSSR count). The van der Waals surface area contributed by atoms with Crippen LogP contribution in [0.25, 0.3) is 0 Å². The molecule has 0 bridgehead atoms. The number of aliphatic hydroxyl groups excluding tert-OH is 1. The van der Waals surface area contributed by atoms with E-state index < -0.39 is 35.8 Å². The second-order valence-corrected chi connectivity index (χ2v) is 8.14. The first-order chi connectivity index (χ1) is 12.0. The third kappa shape index (κ3) is 3.96. The number of carbonyl (C=O) groups is 2. The van der Waals surface area contributed by atoms with E-state index in [2.05, 4.69) is 4.99 Å². The Bertz CT molecular complexity index is 706. The van der Waals surface area contributed by atoms with Gasteiger partial charge in [-0.05, 0) is 39.2 Å². The van der Waals surface area contributed by atoms with Crippen molar-refractivity contribution in [2.75, 3.05) is 6.61 Å². The largest absolute Gasteiger partial charge is 0.443 e. The topological polar surface area (TPSA) is 79.2 Å². The van der Waals surface area contributed by atoms with Gasteiger partial charge in [-0.2, -0.15) is 0 Å². The Hall–Kier alpha value is -2.21. The Morgan fingerprint density at radius 2 is 1.88 bits per heavy atom. The maximum atomic E-state index is 13.1. The van der Waals surface area contributed by atoms with Gasteiger partial charge in [0.2, 0.25) is 0 Å². The van der Waals surface area contributed by atoms with Gasteiger partial charge in [0.05, 0.1) is 18.4 Å². The van der Waals surface area contributed by atoms with Crippen molar-refractivity contribution in [1.29, 1.82) is 0 Å². The lowest BCUT2D eigenvalue weighted by Gasteiger charge is -2.42. The third-order valence-corrected chi connectivity index (χ3v) is 4.20. The fourth-order valence-corrected chi connectivity index (χ4v) is 2.96. The standard InChI is InChI=1S/C20H28N2O4/c1-13(2)16-15(14-10-8-7-9-11-14)21-20(6,12-23)17(24)22(16)18(25)26-19(3,4)5/h7-11,13,16,23H,12H2,1-6H3/t16-,20+/m1/s1. The van der Waals surface area contributed by atoms with Crippen LogP contribution in [0.2, 0.25) is 0 Å². The van der Waals surface area contributed by atoms with Crippen LogP contribution in [0.4, 0.5) is 4.79 Å². The van der Waals surface area contributed by atoms with Crippen LogP contribution >= 0.6 is 0 Å². The second-order valence-electron chi connectivity index (χ2n) is 8.14. The van der Waals surface area contributed by atoms with Gasteiger partial charge >= 0.3 is 6.09 Å². The molecule has 1 heterocycles. The number of aliphatic imine (C=N–C) groups is 1. The Labute approximate surface area is 154 Å². The number of hydrogen-bond acceptors (Lipinski definition) is 5. The molecule has 0 fully saturated rings. The first-order valence-electron chi connectivity index (χ1n) is 8.83. The normalized spacial score (nSPS) is 23.8. The molecule has 1 aliphatic heterocycles. The van der Waals surface area contributed by atoms with Gasteiger partial charge in [0.1, 0.15) is 5.60 Å². The van der Waals surface area contributed by atoms with Crippen molar-refractivity contribution in [3.05, 3.63) is 35.9 Å². The van der Waals surface area contributed by atoms with Crippen LogP contribution in [0.5, 0.6) is 0 Å². The lowest BCUT2D eigenvalue weighted by atomic mass is 9.87. The fourth-order valence-electron chi connectivity index (χ4n) is 2.96. The van der Waals surface area contributed by atoms with Crippen molar-refractivity contribution in [2.24, 2.45) is 10.9 Å². The molecule has 1 aromatic carbocycles. The highest BCUT2D eigenvalue weighted by molar-refractivity contribution is 6.14. The highest BCUT2D eigenvalue weighted by atomic mass is 16.6. The number of carbonyl (C=O) groups excluding carboxylic acids is 2. The van der Waals surface area contributed by atoms with Crippen molar-refractivity contribution in [1.82, 2.24) is 4.90 Å². The zero-order valence-corrected chi connectivity index (χ0v) is 16.3. The molecule has 26 heavy (non-hydrogen) atoms. The summed E-state index contributed by atoms with van der Waals surface area (Å²) in [6.45, 7) is 10.1. The monoisotopic (exact) mass is 360 g/mol. The highest BCUT2D eigenvalue weighted by Crippen LogP contribution is 2.31. The van der Waals surface area contributed by atoms with E-state index in [1.54, 1.807) is 20.8 Å². The first-order valence-corrected chi connectivity index (χ1v) is 8.83. The molecule has 142 valence electrons. The summed E-state index contributed by atoms with van der Waals surface area (Å²) < 4.78 is 5.48. The summed E-state index contributed by atoms with van der Waals surface area (Å²) in [5, 5.41) is 9.84. The van der Waals surface area contributed by atoms with Crippen LogP contribution < -0.4 is 0 Å². The molecule has 0 radical (unpaired) electrons. The van der Waals surface area contributed by atoms with Crippen LogP contribution in [-0.2, 0) is 9.53 Å². The lowest BCUT2D eigenvalue weighted by Crippen LogP contribution is -2.63. The van der Waals surface area contributed by atoms with Gasteiger partial charge < -0.3 is 9.84 Å². The van der Waals surface area contributed by atoms with Gasteiger partial charge in [-0.3, -0.25) is 9.79 Å². The molecule has 1 aromatic rings. The Morgan fingerprint density at radius 3 is 2.35 bits per heavy atom. The Morgan fingerprint density at radius 1 is 1.31 bits per heavy atom. The molecule has 0 spiro atoms. The van der Waals surface area contributed by atoms with Crippen molar-refractivity contribution >= 4 is 17.7 Å². The van der Waals surface area contributed by atoms with E-state index in [0.29, 0.717) is 5.71 Å². The minimum absolute atomic E-state index is 0.0753. The number of rotatable bonds is 3. The summed E-state index contributed by atoms with van der Waals surface area (Å²) in [6, 6.07) is 8.84. The maximum Gasteiger partial charge on any atom is 0.417 e. The summed E-state index contributed by atoms with van der Waals surface area (Å²) >= 11 is 0. The molecule has 6 nitrogen and oxygen atoms in total. The van der Waals surface area contributed by atoms with Gasteiger partial charge in [0.25, 0.3) is 5.91 Å². The molecule has 0 saturated carbocycles. The highest BCUT2D eigenvalue weighted by Gasteiger charge is 2.50. The number of amides is 2. The van der Waals surface area contributed by atoms with Crippen molar-refractivity contribution < 1.29 is 19.4 Å². The van der Waals surface area contributed by atoms with Crippen LogP contribution in [-0.4, -0.2) is 51.5 Å². The summed E-state index contributed by atoms with van der Waals surface area (Å²) in [5.74, 6) is -0.624. The van der Waals surface area contributed by atoms with Crippen molar-refractivity contribution in [3.63, 3.8) is 0 Å². The number of imide groups is 1. The minimum atomic E-state index is -1.42. The van der Waals surface area contributed by atoms with Gasteiger partial charge in [-0.25, -0.2) is 9.69 Å². The molecule has 1 N–H and O–H groups in total. The predicted octanol–water partition coefficient (Wildman–Crippen LogP) is 3.03. The van der Waals surface area contributed by atoms with E-state index in [1.807, 2.05) is 44.2 Å². The van der Waals surface area contributed by atoms with Crippen LogP contribution in [0.1, 0.15) is 47.1 Å². The van der Waals surface area contributed by atoms with Crippen molar-refractivity contribution in [2.45, 2.75) is 58.7 Å². The van der Waals surface area contributed by atoms with Gasteiger partial charge in [0.15, 0.2) is 5.54 Å². The summed E-state index contributed by atoms with van der Waals surface area (Å²) in [6.07, 6.45) is -0.718. The van der Waals surface area contributed by atoms with E-state index in [9.17, 15) is 14.7 Å². The Kier molecular flexibility index (Phi) is 5.56. The van der Waals surface area contributed by atoms with Gasteiger partial charge in [-0.1, -0.05) is 44.2 Å². The van der Waals surface area contributed by atoms with Gasteiger partial charge in [-0.15, -0.1) is 0 Å². The van der Waals surface area contributed by atoms with E-state index >= 15 is 0 Å². The average molecular weight is 360 g/mol. The lowest BCUT2D eigenvalue weighted by molar-refractivity contribution is -0.139. The van der Waals surface area contributed by atoms with E-state index in [-0.39, 0.29) is 5.92 Å². The quantitative estimate of drug-likeness (QED) is 0.898. The second kappa shape index (κ2) is 7.19. The molecule has 0 aromatic heterocycles. The van der Waals surface area contributed by atoms with E-state index in [4.69, 9.17) is 4.74 Å². The van der Waals surface area contributed by atoms with E-state index in [1.165, 1.54) is 6.92 Å². The molecule has 2 atom stereocenters. The fraction of sp³-hybridized carbons (Fsp3) is 0.550. The zero-order valence-electron chi connectivity index (χ0n) is 16.3. The first kappa shape index (κ1) is 20.1. The summed E-state index contributed by atoms with van der Waals surface area (Å²) in [5.41, 5.74) is -0.752. The number of aliphatic hydroxyl groups is 1. The molecule has 0 aliphatic carbocycles.